The van der Waals surface area contributed by atoms with Gasteiger partial charge in [-0.3, -0.25) is 14.4 Å². The average Bonchev–Trinajstić information content (AvgIpc) is 3.36. The normalized spacial score (nSPS) is 12.9. The van der Waals surface area contributed by atoms with E-state index >= 15 is 0 Å². The quantitative estimate of drug-likeness (QED) is 0.0262. The Labute approximate surface area is 431 Å². The molecule has 0 aromatic carbocycles. The van der Waals surface area contributed by atoms with Crippen molar-refractivity contribution in [3.8, 4) is 0 Å². The minimum atomic E-state index is -0.791. The van der Waals surface area contributed by atoms with Crippen LogP contribution in [0.5, 0.6) is 0 Å². The number of unbranched alkanes of at least 4 members (excludes halogenated alkanes) is 22. The molecule has 398 valence electrons. The largest absolute Gasteiger partial charge is 0.462 e. The third-order valence-electron chi connectivity index (χ3n) is 12.0. The van der Waals surface area contributed by atoms with Crippen LogP contribution in [-0.2, 0) is 28.6 Å². The molecule has 6 heteroatoms. The van der Waals surface area contributed by atoms with Crippen molar-refractivity contribution in [3.63, 3.8) is 0 Å². The highest BCUT2D eigenvalue weighted by atomic mass is 16.6. The smallest absolute Gasteiger partial charge is 0.306 e. The van der Waals surface area contributed by atoms with Crippen molar-refractivity contribution in [1.82, 2.24) is 0 Å². The van der Waals surface area contributed by atoms with E-state index in [0.717, 1.165) is 122 Å². The minimum absolute atomic E-state index is 0.0892. The third kappa shape index (κ3) is 55.0. The lowest BCUT2D eigenvalue weighted by atomic mass is 10.0. The first-order valence-corrected chi connectivity index (χ1v) is 28.9. The fourth-order valence-corrected chi connectivity index (χ4v) is 7.75. The maximum atomic E-state index is 12.8. The second-order valence-electron chi connectivity index (χ2n) is 18.8. The van der Waals surface area contributed by atoms with E-state index in [-0.39, 0.29) is 31.1 Å². The molecule has 0 bridgehead atoms. The van der Waals surface area contributed by atoms with Gasteiger partial charge in [0, 0.05) is 19.3 Å². The summed E-state index contributed by atoms with van der Waals surface area (Å²) in [6, 6.07) is 0. The van der Waals surface area contributed by atoms with Crippen LogP contribution in [0.15, 0.2) is 109 Å². The molecular formula is C64H106O6. The molecule has 0 aliphatic carbocycles. The molecule has 1 atom stereocenters. The Morgan fingerprint density at radius 1 is 0.300 bits per heavy atom. The Hall–Kier alpha value is -3.93. The molecule has 0 radical (unpaired) electrons. The molecule has 1 unspecified atom stereocenters. The van der Waals surface area contributed by atoms with Crippen LogP contribution in [-0.4, -0.2) is 37.2 Å². The summed E-state index contributed by atoms with van der Waals surface area (Å²) in [6.07, 6.45) is 78.2. The second-order valence-corrected chi connectivity index (χ2v) is 18.8. The van der Waals surface area contributed by atoms with Crippen molar-refractivity contribution in [2.75, 3.05) is 13.2 Å². The van der Waals surface area contributed by atoms with E-state index in [0.29, 0.717) is 19.3 Å². The fraction of sp³-hybridized carbons (Fsp3) is 0.672. The van der Waals surface area contributed by atoms with Crippen molar-refractivity contribution in [3.05, 3.63) is 109 Å². The van der Waals surface area contributed by atoms with Gasteiger partial charge >= 0.3 is 17.9 Å². The van der Waals surface area contributed by atoms with Crippen molar-refractivity contribution >= 4 is 17.9 Å². The topological polar surface area (TPSA) is 78.9 Å². The van der Waals surface area contributed by atoms with Gasteiger partial charge in [0.2, 0.25) is 0 Å². The van der Waals surface area contributed by atoms with Crippen molar-refractivity contribution in [1.29, 1.82) is 0 Å². The second kappa shape index (κ2) is 57.6. The molecule has 0 fully saturated rings. The molecular weight excluding hydrogens is 865 g/mol. The molecule has 0 saturated carbocycles. The van der Waals surface area contributed by atoms with E-state index in [1.165, 1.54) is 96.3 Å². The number of allylic oxidation sites excluding steroid dienone is 18. The van der Waals surface area contributed by atoms with Crippen LogP contribution < -0.4 is 0 Å². The van der Waals surface area contributed by atoms with Gasteiger partial charge in [0.05, 0.1) is 0 Å². The molecule has 0 heterocycles. The lowest BCUT2D eigenvalue weighted by Crippen LogP contribution is -2.30. The number of hydrogen-bond donors (Lipinski definition) is 0. The molecule has 0 aliphatic rings. The zero-order chi connectivity index (χ0) is 50.7. The Balaban J connectivity index is 4.13. The molecule has 0 amide bonds. The summed E-state index contributed by atoms with van der Waals surface area (Å²) in [5.74, 6) is -0.926. The van der Waals surface area contributed by atoms with Gasteiger partial charge < -0.3 is 14.2 Å². The molecule has 0 spiro atoms. The van der Waals surface area contributed by atoms with Crippen molar-refractivity contribution in [2.45, 2.75) is 264 Å². The van der Waals surface area contributed by atoms with E-state index in [1.54, 1.807) is 0 Å². The molecule has 0 N–H and O–H groups in total. The van der Waals surface area contributed by atoms with Gasteiger partial charge in [0.1, 0.15) is 13.2 Å². The summed E-state index contributed by atoms with van der Waals surface area (Å²) in [7, 11) is 0. The van der Waals surface area contributed by atoms with E-state index in [4.69, 9.17) is 14.2 Å². The third-order valence-corrected chi connectivity index (χ3v) is 12.0. The maximum absolute atomic E-state index is 12.8. The molecule has 0 saturated heterocycles. The van der Waals surface area contributed by atoms with Gasteiger partial charge in [-0.25, -0.2) is 0 Å². The standard InChI is InChI=1S/C64H106O6/c1-4-7-10-13-16-19-21-23-24-25-26-27-28-29-30-31-32-33-34-35-36-37-38-39-40-42-43-45-48-51-54-57-63(66)69-60-61(59-68-62(65)56-53-50-47-18-15-12-9-6-3)70-64(67)58-55-52-49-46-44-41-22-20-17-14-11-8-5-2/h7-8,10-11,16-17,19-20,23-24,26-27,29-30,32-33,41,44,61H,4-6,9,12-15,18,21-22,25,28,31,34-40,42-43,45-60H2,1-3H3/b10-7-,11-8-,19-16-,20-17-,24-23-,27-26-,30-29-,33-32-,44-41-. The number of esters is 3. The van der Waals surface area contributed by atoms with Crippen LogP contribution in [0.1, 0.15) is 258 Å². The van der Waals surface area contributed by atoms with Gasteiger partial charge in [-0.1, -0.05) is 246 Å². The van der Waals surface area contributed by atoms with Crippen molar-refractivity contribution < 1.29 is 28.6 Å². The number of carbonyl (C=O) groups excluding carboxylic acids is 3. The lowest BCUT2D eigenvalue weighted by Gasteiger charge is -2.18. The monoisotopic (exact) mass is 971 g/mol. The molecule has 6 nitrogen and oxygen atoms in total. The number of rotatable bonds is 51. The number of ether oxygens (including phenoxy) is 3. The summed E-state index contributed by atoms with van der Waals surface area (Å²) < 4.78 is 16.7. The zero-order valence-electron chi connectivity index (χ0n) is 45.5. The minimum Gasteiger partial charge on any atom is -0.462 e. The first kappa shape index (κ1) is 66.1. The molecule has 0 aromatic heterocycles. The Morgan fingerprint density at radius 3 is 0.886 bits per heavy atom. The lowest BCUT2D eigenvalue weighted by molar-refractivity contribution is -0.167. The Kier molecular flexibility index (Phi) is 54.4. The highest BCUT2D eigenvalue weighted by Crippen LogP contribution is 2.15. The highest BCUT2D eigenvalue weighted by molar-refractivity contribution is 5.71. The van der Waals surface area contributed by atoms with Crippen molar-refractivity contribution in [2.24, 2.45) is 0 Å². The van der Waals surface area contributed by atoms with Crippen LogP contribution in [0, 0.1) is 0 Å². The van der Waals surface area contributed by atoms with E-state index in [9.17, 15) is 14.4 Å². The summed E-state index contributed by atoms with van der Waals surface area (Å²) >= 11 is 0. The summed E-state index contributed by atoms with van der Waals surface area (Å²) in [4.78, 5) is 37.9. The Morgan fingerprint density at radius 2 is 0.557 bits per heavy atom. The van der Waals surface area contributed by atoms with Gasteiger partial charge in [0.15, 0.2) is 6.10 Å². The van der Waals surface area contributed by atoms with E-state index in [2.05, 4.69) is 130 Å². The predicted octanol–water partition coefficient (Wildman–Crippen LogP) is 19.5. The van der Waals surface area contributed by atoms with Crippen LogP contribution in [0.2, 0.25) is 0 Å². The van der Waals surface area contributed by atoms with Gasteiger partial charge in [0.25, 0.3) is 0 Å². The molecule has 70 heavy (non-hydrogen) atoms. The first-order chi connectivity index (χ1) is 34.5. The predicted molar refractivity (Wildman–Crippen MR) is 302 cm³/mol. The zero-order valence-corrected chi connectivity index (χ0v) is 45.5. The fourth-order valence-electron chi connectivity index (χ4n) is 7.75. The van der Waals surface area contributed by atoms with Gasteiger partial charge in [-0.2, -0.15) is 0 Å². The Bertz CT molecular complexity index is 1440. The molecule has 0 aliphatic heterocycles. The average molecular weight is 972 g/mol. The summed E-state index contributed by atoms with van der Waals surface area (Å²) in [5, 5.41) is 0. The number of carbonyl (C=O) groups is 3. The SMILES string of the molecule is CC/C=C\C/C=C\C/C=C\C/C=C\C/C=C\C/C=C\CCCCCCCCCCCCCCC(=O)OCC(COC(=O)CCCCCCCCCC)OC(=O)CCCCC/C=C\C/C=C\C/C=C\CC. The van der Waals surface area contributed by atoms with Crippen LogP contribution in [0.4, 0.5) is 0 Å². The van der Waals surface area contributed by atoms with Gasteiger partial charge in [-0.05, 0) is 103 Å². The summed E-state index contributed by atoms with van der Waals surface area (Å²) in [6.45, 7) is 6.35. The van der Waals surface area contributed by atoms with Gasteiger partial charge in [-0.15, -0.1) is 0 Å². The van der Waals surface area contributed by atoms with E-state index < -0.39 is 6.10 Å². The first-order valence-electron chi connectivity index (χ1n) is 28.9. The molecule has 0 rings (SSSR count). The maximum Gasteiger partial charge on any atom is 0.306 e. The molecule has 0 aromatic rings. The summed E-state index contributed by atoms with van der Waals surface area (Å²) in [5.41, 5.74) is 0. The van der Waals surface area contributed by atoms with Crippen LogP contribution in [0.3, 0.4) is 0 Å². The highest BCUT2D eigenvalue weighted by Gasteiger charge is 2.19. The van der Waals surface area contributed by atoms with Crippen LogP contribution >= 0.6 is 0 Å². The number of hydrogen-bond acceptors (Lipinski definition) is 6. The van der Waals surface area contributed by atoms with Crippen LogP contribution in [0.25, 0.3) is 0 Å². The van der Waals surface area contributed by atoms with E-state index in [1.807, 2.05) is 0 Å².